The lowest BCUT2D eigenvalue weighted by molar-refractivity contribution is -0.143. The first-order valence-electron chi connectivity index (χ1n) is 20.0. The van der Waals surface area contributed by atoms with E-state index >= 15 is 0 Å². The Kier molecular flexibility index (Phi) is 10.3. The number of carbonyl (C=O) groups is 4. The van der Waals surface area contributed by atoms with Gasteiger partial charge in [-0.2, -0.15) is 0 Å². The lowest BCUT2D eigenvalue weighted by Crippen LogP contribution is -2.60. The Morgan fingerprint density at radius 1 is 1.02 bits per heavy atom. The number of halogens is 3. The van der Waals surface area contributed by atoms with Crippen molar-refractivity contribution in [2.45, 2.75) is 133 Å². The average molecular weight is 835 g/mol. The molecule has 4 aliphatic carbocycles. The number of amides is 4. The zero-order chi connectivity index (χ0) is 40.6. The number of sulfonamides is 1. The molecule has 2 aliphatic heterocycles. The van der Waals surface area contributed by atoms with Crippen LogP contribution in [0.25, 0.3) is 11.0 Å². The van der Waals surface area contributed by atoms with Crippen molar-refractivity contribution in [1.29, 1.82) is 0 Å². The summed E-state index contributed by atoms with van der Waals surface area (Å²) in [7, 11) is -4.13. The molecule has 8 rings (SSSR count). The molecule has 9 atom stereocenters. The van der Waals surface area contributed by atoms with E-state index in [0.717, 1.165) is 38.5 Å². The van der Waals surface area contributed by atoms with Crippen molar-refractivity contribution in [3.05, 3.63) is 28.9 Å². The summed E-state index contributed by atoms with van der Waals surface area (Å²) in [6, 6.07) is 2.59. The summed E-state index contributed by atoms with van der Waals surface area (Å²) in [6.07, 6.45) is 0.987. The Balaban J connectivity index is 1.13. The molecule has 18 heteroatoms. The van der Waals surface area contributed by atoms with Crippen LogP contribution in [-0.4, -0.2) is 95.2 Å². The summed E-state index contributed by atoms with van der Waals surface area (Å²) in [6.45, 7) is 5.10. The smallest absolute Gasteiger partial charge is 0.408 e. The van der Waals surface area contributed by atoms with E-state index in [0.29, 0.717) is 52.8 Å². The third kappa shape index (κ3) is 8.11. The summed E-state index contributed by atoms with van der Waals surface area (Å²) < 4.78 is 68.2. The molecule has 6 aliphatic rings. The van der Waals surface area contributed by atoms with E-state index in [4.69, 9.17) is 31.0 Å². The summed E-state index contributed by atoms with van der Waals surface area (Å²) in [5.74, 6) is -3.06. The third-order valence-corrected chi connectivity index (χ3v) is 14.7. The van der Waals surface area contributed by atoms with E-state index in [-0.39, 0.29) is 30.9 Å². The molecular formula is C39H49ClF2N6O8S. The average Bonchev–Trinajstić information content (AvgIpc) is 4.07. The van der Waals surface area contributed by atoms with E-state index in [1.807, 2.05) is 4.72 Å². The predicted octanol–water partition coefficient (Wildman–Crippen LogP) is 4.66. The van der Waals surface area contributed by atoms with Gasteiger partial charge in [-0.3, -0.25) is 19.1 Å². The van der Waals surface area contributed by atoms with Crippen LogP contribution in [0.5, 0.6) is 5.88 Å². The third-order valence-electron chi connectivity index (χ3n) is 12.7. The van der Waals surface area contributed by atoms with Crippen LogP contribution in [0.1, 0.15) is 90.7 Å². The van der Waals surface area contributed by atoms with Crippen molar-refractivity contribution in [1.82, 2.24) is 30.2 Å². The van der Waals surface area contributed by atoms with E-state index in [2.05, 4.69) is 10.6 Å². The molecule has 3 N–H and O–H groups in total. The van der Waals surface area contributed by atoms with E-state index in [9.17, 15) is 36.4 Å². The number of rotatable bonds is 6. The number of carbonyl (C=O) groups excluding carboxylic acids is 4. The van der Waals surface area contributed by atoms with Gasteiger partial charge in [0.25, 0.3) is 5.91 Å². The van der Waals surface area contributed by atoms with Crippen LogP contribution in [0, 0.1) is 29.1 Å². The fourth-order valence-corrected chi connectivity index (χ4v) is 10.7. The van der Waals surface area contributed by atoms with Crippen LogP contribution in [-0.2, 0) is 35.6 Å². The van der Waals surface area contributed by atoms with Gasteiger partial charge < -0.3 is 25.0 Å². The number of alkyl carbamates (subject to hydrolysis) is 1. The van der Waals surface area contributed by atoms with Crippen LogP contribution < -0.4 is 20.1 Å². The number of hydrogen-bond donors (Lipinski definition) is 3. The normalized spacial score (nSPS) is 33.1. The minimum absolute atomic E-state index is 0.141. The van der Waals surface area contributed by atoms with Gasteiger partial charge >= 0.3 is 6.09 Å². The van der Waals surface area contributed by atoms with Crippen LogP contribution in [0.3, 0.4) is 0 Å². The van der Waals surface area contributed by atoms with E-state index in [1.54, 1.807) is 39.0 Å². The predicted molar refractivity (Wildman–Crippen MR) is 203 cm³/mol. The molecule has 5 fully saturated rings. The highest BCUT2D eigenvalue weighted by molar-refractivity contribution is 7.91. The second-order valence-electron chi connectivity index (χ2n) is 17.9. The van der Waals surface area contributed by atoms with Crippen LogP contribution >= 0.6 is 11.6 Å². The highest BCUT2D eigenvalue weighted by Gasteiger charge is 2.67. The van der Waals surface area contributed by atoms with Gasteiger partial charge in [-0.1, -0.05) is 45.2 Å². The minimum atomic E-state index is -4.13. The maximum atomic E-state index is 14.7. The van der Waals surface area contributed by atoms with Gasteiger partial charge in [-0.15, -0.1) is 0 Å². The molecule has 1 aromatic heterocycles. The van der Waals surface area contributed by atoms with Crippen molar-refractivity contribution in [3.63, 3.8) is 0 Å². The van der Waals surface area contributed by atoms with Gasteiger partial charge in [0.1, 0.15) is 35.5 Å². The van der Waals surface area contributed by atoms with Crippen molar-refractivity contribution in [3.8, 4) is 5.88 Å². The Bertz CT molecular complexity index is 2080. The van der Waals surface area contributed by atoms with Gasteiger partial charge in [0.2, 0.25) is 34.1 Å². The van der Waals surface area contributed by atoms with Crippen molar-refractivity contribution < 1.29 is 45.9 Å². The fourth-order valence-electron chi connectivity index (χ4n) is 9.18. The van der Waals surface area contributed by atoms with Gasteiger partial charge in [0, 0.05) is 11.4 Å². The van der Waals surface area contributed by atoms with Gasteiger partial charge in [-0.25, -0.2) is 32.0 Å². The Labute approximate surface area is 335 Å². The van der Waals surface area contributed by atoms with Gasteiger partial charge in [0.15, 0.2) is 0 Å². The van der Waals surface area contributed by atoms with Crippen molar-refractivity contribution >= 4 is 56.5 Å². The largest absolute Gasteiger partial charge is 0.471 e. The van der Waals surface area contributed by atoms with Crippen LogP contribution in [0.2, 0.25) is 5.02 Å². The molecule has 0 radical (unpaired) electrons. The molecule has 57 heavy (non-hydrogen) atoms. The number of nitrogens with zero attached hydrogens (tertiary/aromatic N) is 3. The fraction of sp³-hybridized carbons (Fsp3) is 0.692. The molecule has 4 saturated carbocycles. The molecule has 3 heterocycles. The lowest BCUT2D eigenvalue weighted by atomic mass is 9.85. The van der Waals surface area contributed by atoms with Crippen LogP contribution in [0.15, 0.2) is 18.2 Å². The van der Waals surface area contributed by atoms with Gasteiger partial charge in [0.05, 0.1) is 28.7 Å². The maximum Gasteiger partial charge on any atom is 0.408 e. The number of aryl methyl sites for hydroxylation is 1. The number of hydrogen-bond acceptors (Lipinski definition) is 10. The number of fused-ring (bicyclic) bond motifs is 7. The van der Waals surface area contributed by atoms with Crippen LogP contribution in [0.4, 0.5) is 13.6 Å². The first-order valence-corrected chi connectivity index (χ1v) is 21.9. The second kappa shape index (κ2) is 14.8. The number of nitrogens with one attached hydrogen (secondary N) is 3. The molecule has 4 amide bonds. The highest BCUT2D eigenvalue weighted by Crippen LogP contribution is 2.58. The molecular weight excluding hydrogens is 786 g/mol. The molecule has 1 aromatic carbocycles. The standard InChI is InChI=1S/C39H49ClF2N6O8S/c1-38(2,3)31-35(50)48-18-21(16-29(48)33(49)46-39(17-25(39)32(41)42)36(51)47-57(53,54)22-10-11-22)55-34-27(43-26-12-9-20(40)15-28(26)44-34)8-6-4-5-7-23-24-13-19(24)14-30(23)56-37(52)45-31/h9,12,15,19,21-25,29-32H,4-8,10-11,13-14,16-18H2,1-3H3,(H,45,52)(H,46,49)(H,47,51)/t19-,21+,23+,24-,25-,29-,30+,31+,39+/m0/s1. The molecule has 2 aromatic rings. The number of benzene rings is 1. The van der Waals surface area contributed by atoms with E-state index in [1.165, 1.54) is 4.90 Å². The van der Waals surface area contributed by atoms with Crippen molar-refractivity contribution in [2.75, 3.05) is 6.54 Å². The topological polar surface area (TPSA) is 186 Å². The summed E-state index contributed by atoms with van der Waals surface area (Å²) in [4.78, 5) is 66.9. The number of ether oxygens (including phenoxy) is 2. The van der Waals surface area contributed by atoms with Crippen molar-refractivity contribution in [2.24, 2.45) is 29.1 Å². The zero-order valence-electron chi connectivity index (χ0n) is 32.1. The summed E-state index contributed by atoms with van der Waals surface area (Å²) >= 11 is 6.30. The first kappa shape index (κ1) is 39.9. The van der Waals surface area contributed by atoms with Gasteiger partial charge in [-0.05, 0) is 92.7 Å². The number of alkyl halides is 2. The molecule has 0 unspecified atom stereocenters. The Morgan fingerprint density at radius 2 is 1.79 bits per heavy atom. The lowest BCUT2D eigenvalue weighted by Gasteiger charge is -2.36. The monoisotopic (exact) mass is 834 g/mol. The molecule has 14 nitrogen and oxygen atoms in total. The maximum absolute atomic E-state index is 14.7. The molecule has 0 spiro atoms. The molecule has 310 valence electrons. The first-order chi connectivity index (χ1) is 26.9. The Hall–Kier alpha value is -3.86. The summed E-state index contributed by atoms with van der Waals surface area (Å²) in [5.41, 5.74) is -1.42. The minimum Gasteiger partial charge on any atom is -0.471 e. The number of aromatic nitrogens is 2. The van der Waals surface area contributed by atoms with E-state index < -0.39 is 87.0 Å². The molecule has 1 saturated heterocycles. The molecule has 2 bridgehead atoms. The Morgan fingerprint density at radius 3 is 2.49 bits per heavy atom. The summed E-state index contributed by atoms with van der Waals surface area (Å²) in [5, 5.41) is 4.87. The SMILES string of the molecule is CC(C)(C)[C@@H]1NC(=O)O[C@@H]2C[C@@H]3C[C@@H]3[C@H]2CCCCCc2nc3ccc(Cl)cc3nc2O[C@@H]2C[C@@H](C(=O)N[C@]3(C(=O)NS(=O)(=O)C4CC4)C[C@H]3C(F)F)N(C2)C1=O. The zero-order valence-corrected chi connectivity index (χ0v) is 33.7. The quantitative estimate of drug-likeness (QED) is 0.370. The second-order valence-corrected chi connectivity index (χ2v) is 20.3. The highest BCUT2D eigenvalue weighted by atomic mass is 35.5.